The molecule has 6 heteroatoms. The van der Waals surface area contributed by atoms with E-state index in [1.54, 1.807) is 32.0 Å². The highest BCUT2D eigenvalue weighted by atomic mass is 32.2. The number of hydrogen-bond acceptors (Lipinski definition) is 3. The second-order valence-electron chi connectivity index (χ2n) is 5.32. The summed E-state index contributed by atoms with van der Waals surface area (Å²) in [5.41, 5.74) is 0. The van der Waals surface area contributed by atoms with Crippen molar-refractivity contribution in [3.05, 3.63) is 30.3 Å². The Hall–Kier alpha value is -1.40. The highest BCUT2D eigenvalue weighted by molar-refractivity contribution is 7.89. The Kier molecular flexibility index (Phi) is 5.71. The molecule has 112 valence electrons. The van der Waals surface area contributed by atoms with Crippen molar-refractivity contribution in [2.75, 3.05) is 0 Å². The lowest BCUT2D eigenvalue weighted by molar-refractivity contribution is -0.124. The third kappa shape index (κ3) is 4.61. The third-order valence-corrected chi connectivity index (χ3v) is 4.17. The van der Waals surface area contributed by atoms with Crippen molar-refractivity contribution >= 4 is 15.9 Å². The Balaban J connectivity index is 2.94. The van der Waals surface area contributed by atoms with E-state index >= 15 is 0 Å². The van der Waals surface area contributed by atoms with Crippen LogP contribution >= 0.6 is 0 Å². The largest absolute Gasteiger partial charge is 0.353 e. The van der Waals surface area contributed by atoms with Crippen molar-refractivity contribution in [2.45, 2.75) is 44.7 Å². The summed E-state index contributed by atoms with van der Waals surface area (Å²) in [5, 5.41) is 2.73. The van der Waals surface area contributed by atoms with Crippen LogP contribution in [0.2, 0.25) is 0 Å². The number of benzene rings is 1. The van der Waals surface area contributed by atoms with Crippen LogP contribution in [0.15, 0.2) is 35.2 Å². The van der Waals surface area contributed by atoms with E-state index in [1.807, 2.05) is 13.8 Å². The van der Waals surface area contributed by atoms with Gasteiger partial charge in [0.2, 0.25) is 15.9 Å². The van der Waals surface area contributed by atoms with Crippen LogP contribution in [0.1, 0.15) is 27.7 Å². The van der Waals surface area contributed by atoms with E-state index in [4.69, 9.17) is 0 Å². The molecule has 1 aromatic carbocycles. The lowest BCUT2D eigenvalue weighted by Gasteiger charge is -2.22. The van der Waals surface area contributed by atoms with Crippen LogP contribution in [0.3, 0.4) is 0 Å². The van der Waals surface area contributed by atoms with Crippen molar-refractivity contribution in [2.24, 2.45) is 5.92 Å². The number of carbonyl (C=O) groups is 1. The fourth-order valence-electron chi connectivity index (χ4n) is 1.70. The normalized spacial score (nSPS) is 13.5. The smallest absolute Gasteiger partial charge is 0.241 e. The van der Waals surface area contributed by atoms with E-state index in [0.717, 1.165) is 0 Å². The second kappa shape index (κ2) is 6.85. The molecular formula is C14H22N2O3S. The molecule has 0 aliphatic rings. The molecular weight excluding hydrogens is 276 g/mol. The molecule has 0 saturated heterocycles. The summed E-state index contributed by atoms with van der Waals surface area (Å²) in [6, 6.07) is 7.21. The van der Waals surface area contributed by atoms with Crippen LogP contribution in [-0.2, 0) is 14.8 Å². The van der Waals surface area contributed by atoms with Gasteiger partial charge in [-0.1, -0.05) is 32.0 Å². The van der Waals surface area contributed by atoms with Gasteiger partial charge in [-0.05, 0) is 31.9 Å². The number of rotatable bonds is 6. The van der Waals surface area contributed by atoms with Crippen molar-refractivity contribution in [1.82, 2.24) is 10.0 Å². The Bertz CT molecular complexity index is 539. The van der Waals surface area contributed by atoms with Gasteiger partial charge >= 0.3 is 0 Å². The van der Waals surface area contributed by atoms with E-state index in [2.05, 4.69) is 10.0 Å². The van der Waals surface area contributed by atoms with Gasteiger partial charge in [0.25, 0.3) is 0 Å². The minimum Gasteiger partial charge on any atom is -0.353 e. The van der Waals surface area contributed by atoms with Crippen LogP contribution in [0.4, 0.5) is 0 Å². The van der Waals surface area contributed by atoms with E-state index in [0.29, 0.717) is 0 Å². The number of hydrogen-bond donors (Lipinski definition) is 2. The van der Waals surface area contributed by atoms with Gasteiger partial charge in [-0.3, -0.25) is 4.79 Å². The molecule has 0 saturated carbocycles. The first-order valence-corrected chi connectivity index (χ1v) is 8.10. The zero-order valence-electron chi connectivity index (χ0n) is 12.3. The maximum Gasteiger partial charge on any atom is 0.241 e. The number of carbonyl (C=O) groups excluding carboxylic acids is 1. The number of nitrogens with one attached hydrogen (secondary N) is 2. The Morgan fingerprint density at radius 1 is 1.05 bits per heavy atom. The summed E-state index contributed by atoms with van der Waals surface area (Å²) in [5.74, 6) is -0.457. The van der Waals surface area contributed by atoms with Gasteiger partial charge in [0, 0.05) is 6.04 Å². The molecule has 0 heterocycles. The average molecular weight is 298 g/mol. The fourth-order valence-corrected chi connectivity index (χ4v) is 3.07. The Labute approximate surface area is 120 Å². The van der Waals surface area contributed by atoms with Crippen LogP contribution in [0.25, 0.3) is 0 Å². The summed E-state index contributed by atoms with van der Waals surface area (Å²) in [7, 11) is -3.70. The van der Waals surface area contributed by atoms with Crippen LogP contribution in [0.5, 0.6) is 0 Å². The first kappa shape index (κ1) is 16.7. The van der Waals surface area contributed by atoms with Gasteiger partial charge in [0.1, 0.15) is 6.04 Å². The van der Waals surface area contributed by atoms with Gasteiger partial charge in [0.05, 0.1) is 4.90 Å². The molecule has 0 aromatic heterocycles. The van der Waals surface area contributed by atoms with E-state index in [9.17, 15) is 13.2 Å². The van der Waals surface area contributed by atoms with Crippen LogP contribution in [0, 0.1) is 5.92 Å². The van der Waals surface area contributed by atoms with Gasteiger partial charge < -0.3 is 5.32 Å². The second-order valence-corrected chi connectivity index (χ2v) is 7.03. The van der Waals surface area contributed by atoms with Crippen molar-refractivity contribution in [3.63, 3.8) is 0 Å². The molecule has 0 aliphatic carbocycles. The Morgan fingerprint density at radius 2 is 1.60 bits per heavy atom. The van der Waals surface area contributed by atoms with Gasteiger partial charge in [0.15, 0.2) is 0 Å². The highest BCUT2D eigenvalue weighted by Crippen LogP contribution is 2.11. The summed E-state index contributed by atoms with van der Waals surface area (Å²) in [6.07, 6.45) is 0. The van der Waals surface area contributed by atoms with Gasteiger partial charge in [-0.2, -0.15) is 4.72 Å². The Morgan fingerprint density at radius 3 is 2.05 bits per heavy atom. The first-order valence-electron chi connectivity index (χ1n) is 6.62. The monoisotopic (exact) mass is 298 g/mol. The molecule has 0 aliphatic heterocycles. The molecule has 1 aromatic rings. The van der Waals surface area contributed by atoms with Gasteiger partial charge in [-0.15, -0.1) is 0 Å². The van der Waals surface area contributed by atoms with E-state index in [-0.39, 0.29) is 22.8 Å². The molecule has 1 atom stereocenters. The van der Waals surface area contributed by atoms with Gasteiger partial charge in [-0.25, -0.2) is 8.42 Å². The minimum atomic E-state index is -3.70. The van der Waals surface area contributed by atoms with Crippen LogP contribution < -0.4 is 10.0 Å². The predicted molar refractivity (Wildman–Crippen MR) is 78.7 cm³/mol. The standard InChI is InChI=1S/C14H22N2O3S/c1-10(2)13(14(17)15-11(3)4)16-20(18,19)12-8-6-5-7-9-12/h5-11,13,16H,1-4H3,(H,15,17). The van der Waals surface area contributed by atoms with Crippen LogP contribution in [-0.4, -0.2) is 26.4 Å². The molecule has 2 N–H and O–H groups in total. The topological polar surface area (TPSA) is 75.3 Å². The molecule has 1 rings (SSSR count). The van der Waals surface area contributed by atoms with Crippen molar-refractivity contribution in [1.29, 1.82) is 0 Å². The third-order valence-electron chi connectivity index (χ3n) is 2.72. The first-order chi connectivity index (χ1) is 9.24. The molecule has 20 heavy (non-hydrogen) atoms. The predicted octanol–water partition coefficient (Wildman–Crippen LogP) is 1.51. The summed E-state index contributed by atoms with van der Waals surface area (Å²) in [4.78, 5) is 12.2. The zero-order valence-corrected chi connectivity index (χ0v) is 13.1. The number of sulfonamides is 1. The van der Waals surface area contributed by atoms with Crippen molar-refractivity contribution < 1.29 is 13.2 Å². The molecule has 5 nitrogen and oxygen atoms in total. The summed E-state index contributed by atoms with van der Waals surface area (Å²) in [6.45, 7) is 7.28. The molecule has 0 bridgehead atoms. The fraction of sp³-hybridized carbons (Fsp3) is 0.500. The molecule has 0 spiro atoms. The van der Waals surface area contributed by atoms with E-state index < -0.39 is 16.1 Å². The molecule has 0 fully saturated rings. The lowest BCUT2D eigenvalue weighted by Crippen LogP contribution is -2.51. The highest BCUT2D eigenvalue weighted by Gasteiger charge is 2.28. The summed E-state index contributed by atoms with van der Waals surface area (Å²) < 4.78 is 27.0. The summed E-state index contributed by atoms with van der Waals surface area (Å²) >= 11 is 0. The SMILES string of the molecule is CC(C)NC(=O)C(NS(=O)(=O)c1ccccc1)C(C)C. The molecule has 0 radical (unpaired) electrons. The quantitative estimate of drug-likeness (QED) is 0.836. The maximum absolute atomic E-state index is 12.2. The van der Waals surface area contributed by atoms with E-state index in [1.165, 1.54) is 12.1 Å². The minimum absolute atomic E-state index is 0.0371. The lowest BCUT2D eigenvalue weighted by atomic mass is 10.0. The zero-order chi connectivity index (χ0) is 15.3. The van der Waals surface area contributed by atoms with Crippen molar-refractivity contribution in [3.8, 4) is 0 Å². The number of amides is 1. The maximum atomic E-state index is 12.2. The molecule has 1 amide bonds. The molecule has 1 unspecified atom stereocenters. The average Bonchev–Trinajstić information content (AvgIpc) is 2.36.